The number of carboxylic acid groups (broad SMARTS) is 3. The molecule has 0 unspecified atom stereocenters. The molecule has 26 heavy (non-hydrogen) atoms. The van der Waals surface area contributed by atoms with Crippen LogP contribution in [0.15, 0.2) is 0 Å². The Morgan fingerprint density at radius 1 is 0.962 bits per heavy atom. The summed E-state index contributed by atoms with van der Waals surface area (Å²) in [5, 5.41) is 31.1. The lowest BCUT2D eigenvalue weighted by atomic mass is 10.1. The van der Waals surface area contributed by atoms with Crippen molar-refractivity contribution >= 4 is 41.5 Å². The quantitative estimate of drug-likeness (QED) is 0.157. The van der Waals surface area contributed by atoms with E-state index in [2.05, 4.69) is 10.6 Å². The zero-order chi connectivity index (χ0) is 20.3. The summed E-state index contributed by atoms with van der Waals surface area (Å²) in [6, 6.07) is -3.60. The number of aliphatic carboxylic acids is 3. The van der Waals surface area contributed by atoms with Gasteiger partial charge in [-0.15, -0.1) is 0 Å². The molecule has 148 valence electrons. The number of rotatable bonds is 14. The van der Waals surface area contributed by atoms with E-state index >= 15 is 0 Å². The molecule has 2 amide bonds. The number of nitrogens with two attached hydrogens (primary N) is 2. The second-order valence-electron chi connectivity index (χ2n) is 5.21. The van der Waals surface area contributed by atoms with Gasteiger partial charge in [-0.25, -0.2) is 0 Å². The van der Waals surface area contributed by atoms with Crippen LogP contribution in [0.25, 0.3) is 0 Å². The van der Waals surface area contributed by atoms with E-state index in [1.807, 2.05) is 0 Å². The zero-order valence-corrected chi connectivity index (χ0v) is 14.5. The lowest BCUT2D eigenvalue weighted by Crippen LogP contribution is -2.53. The Hall–Kier alpha value is -2.38. The molecule has 0 aromatic heterocycles. The largest absolute Gasteiger partial charge is 0.480 e. The monoisotopic (exact) mass is 394 g/mol. The second-order valence-corrected chi connectivity index (χ2v) is 6.28. The van der Waals surface area contributed by atoms with Crippen LogP contribution in [0.4, 0.5) is 0 Å². The topological polar surface area (TPSA) is 222 Å². The van der Waals surface area contributed by atoms with Gasteiger partial charge in [0.1, 0.15) is 18.6 Å². The molecule has 0 saturated carbocycles. The average molecular weight is 394 g/mol. The van der Waals surface area contributed by atoms with Gasteiger partial charge in [0.05, 0.1) is 6.04 Å². The Balaban J connectivity index is 4.93. The van der Waals surface area contributed by atoms with Crippen LogP contribution in [0, 0.1) is 0 Å². The first-order valence-electron chi connectivity index (χ1n) is 7.37. The first-order valence-corrected chi connectivity index (χ1v) is 8.52. The number of primary amides is 1. The SMILES string of the molecule is NC(=O)CC[C@@H](N[C@H](CSC[C@H](N)C(=O)O)C(=O)NCC(=O)O)C(=O)O. The summed E-state index contributed by atoms with van der Waals surface area (Å²) in [6.45, 7) is -0.671. The summed E-state index contributed by atoms with van der Waals surface area (Å²) in [4.78, 5) is 55.4. The summed E-state index contributed by atoms with van der Waals surface area (Å²) in [5.41, 5.74) is 10.3. The van der Waals surface area contributed by atoms with Crippen molar-refractivity contribution in [1.29, 1.82) is 0 Å². The van der Waals surface area contributed by atoms with E-state index < -0.39 is 54.4 Å². The minimum atomic E-state index is -1.32. The number of carbonyl (C=O) groups excluding carboxylic acids is 2. The number of hydrogen-bond acceptors (Lipinski definition) is 8. The molecule has 0 rings (SSSR count). The predicted octanol–water partition coefficient (Wildman–Crippen LogP) is -2.99. The highest BCUT2D eigenvalue weighted by Crippen LogP contribution is 2.08. The molecule has 0 aromatic carbocycles. The van der Waals surface area contributed by atoms with Crippen molar-refractivity contribution in [3.05, 3.63) is 0 Å². The summed E-state index contributed by atoms with van der Waals surface area (Å²) < 4.78 is 0. The van der Waals surface area contributed by atoms with Gasteiger partial charge in [-0.1, -0.05) is 0 Å². The molecule has 0 aliphatic heterocycles. The summed E-state index contributed by atoms with van der Waals surface area (Å²) >= 11 is 0.977. The van der Waals surface area contributed by atoms with Gasteiger partial charge in [0.15, 0.2) is 0 Å². The maximum Gasteiger partial charge on any atom is 0.322 e. The van der Waals surface area contributed by atoms with Crippen LogP contribution in [0.1, 0.15) is 12.8 Å². The summed E-state index contributed by atoms with van der Waals surface area (Å²) in [6.07, 6.45) is -0.406. The average Bonchev–Trinajstić information content (AvgIpc) is 2.53. The fourth-order valence-electron chi connectivity index (χ4n) is 1.68. The Bertz CT molecular complexity index is 544. The number of nitrogens with one attached hydrogen (secondary N) is 2. The van der Waals surface area contributed by atoms with Crippen LogP contribution in [-0.2, 0) is 24.0 Å². The Kier molecular flexibility index (Phi) is 10.9. The van der Waals surface area contributed by atoms with E-state index in [1.54, 1.807) is 0 Å². The molecule has 3 atom stereocenters. The standard InChI is InChI=1S/C13H22N4O8S/c14-6(12(22)23)4-26-5-8(11(21)16-3-10(19)20)17-7(13(24)25)1-2-9(15)18/h6-8,17H,1-5,14H2,(H2,15,18)(H,16,21)(H,19,20)(H,22,23)(H,24,25)/t6-,7+,8+/m0/s1. The minimum Gasteiger partial charge on any atom is -0.480 e. The van der Waals surface area contributed by atoms with Crippen molar-refractivity contribution in [2.45, 2.75) is 31.0 Å². The molecular weight excluding hydrogens is 372 g/mol. The Labute approximate surface area is 152 Å². The van der Waals surface area contributed by atoms with Gasteiger partial charge in [0, 0.05) is 17.9 Å². The number of hydrogen-bond donors (Lipinski definition) is 7. The van der Waals surface area contributed by atoms with E-state index in [1.165, 1.54) is 0 Å². The van der Waals surface area contributed by atoms with E-state index in [4.69, 9.17) is 21.7 Å². The van der Waals surface area contributed by atoms with Crippen LogP contribution in [0.5, 0.6) is 0 Å². The molecule has 0 aliphatic carbocycles. The summed E-state index contributed by atoms with van der Waals surface area (Å²) in [7, 11) is 0. The van der Waals surface area contributed by atoms with Crippen molar-refractivity contribution in [3.8, 4) is 0 Å². The fraction of sp³-hybridized carbons (Fsp3) is 0.615. The third-order valence-electron chi connectivity index (χ3n) is 3.01. The van der Waals surface area contributed by atoms with Crippen molar-refractivity contribution in [3.63, 3.8) is 0 Å². The molecule has 0 heterocycles. The fourth-order valence-corrected chi connectivity index (χ4v) is 2.69. The highest BCUT2D eigenvalue weighted by Gasteiger charge is 2.27. The molecule has 0 fully saturated rings. The van der Waals surface area contributed by atoms with Gasteiger partial charge in [0.25, 0.3) is 0 Å². The first-order chi connectivity index (χ1) is 12.0. The van der Waals surface area contributed by atoms with E-state index in [-0.39, 0.29) is 24.3 Å². The maximum absolute atomic E-state index is 12.1. The van der Waals surface area contributed by atoms with Crippen molar-refractivity contribution in [2.75, 3.05) is 18.1 Å². The molecule has 13 heteroatoms. The van der Waals surface area contributed by atoms with Gasteiger partial charge < -0.3 is 32.1 Å². The molecule has 0 aliphatic rings. The van der Waals surface area contributed by atoms with Crippen LogP contribution in [-0.4, -0.2) is 81.2 Å². The molecule has 12 nitrogen and oxygen atoms in total. The molecule has 9 N–H and O–H groups in total. The van der Waals surface area contributed by atoms with Crippen LogP contribution in [0.2, 0.25) is 0 Å². The van der Waals surface area contributed by atoms with Gasteiger partial charge in [-0.3, -0.25) is 29.3 Å². The minimum absolute atomic E-state index is 0.0429. The molecule has 0 saturated heterocycles. The van der Waals surface area contributed by atoms with Gasteiger partial charge in [0.2, 0.25) is 11.8 Å². The first kappa shape index (κ1) is 23.6. The number of amides is 2. The molecule has 0 radical (unpaired) electrons. The van der Waals surface area contributed by atoms with E-state index in [9.17, 15) is 29.1 Å². The molecule has 0 aromatic rings. The third kappa shape index (κ3) is 10.5. The smallest absolute Gasteiger partial charge is 0.322 e. The van der Waals surface area contributed by atoms with Crippen molar-refractivity contribution in [1.82, 2.24) is 10.6 Å². The lowest BCUT2D eigenvalue weighted by molar-refractivity contribution is -0.141. The normalized spacial score (nSPS) is 14.0. The highest BCUT2D eigenvalue weighted by atomic mass is 32.2. The van der Waals surface area contributed by atoms with Gasteiger partial charge >= 0.3 is 17.9 Å². The molecular formula is C13H22N4O8S. The van der Waals surface area contributed by atoms with Crippen molar-refractivity contribution < 1.29 is 39.3 Å². The molecule has 0 bridgehead atoms. The Morgan fingerprint density at radius 2 is 1.58 bits per heavy atom. The lowest BCUT2D eigenvalue weighted by Gasteiger charge is -2.22. The van der Waals surface area contributed by atoms with Crippen LogP contribution >= 0.6 is 11.8 Å². The number of carbonyl (C=O) groups is 5. The predicted molar refractivity (Wildman–Crippen MR) is 90.4 cm³/mol. The summed E-state index contributed by atoms with van der Waals surface area (Å²) in [5.74, 6) is -5.45. The number of thioether (sulfide) groups is 1. The highest BCUT2D eigenvalue weighted by molar-refractivity contribution is 7.99. The third-order valence-corrected chi connectivity index (χ3v) is 4.17. The zero-order valence-electron chi connectivity index (χ0n) is 13.7. The second kappa shape index (κ2) is 12.1. The molecule has 0 spiro atoms. The maximum atomic E-state index is 12.1. The van der Waals surface area contributed by atoms with Crippen LogP contribution in [0.3, 0.4) is 0 Å². The van der Waals surface area contributed by atoms with E-state index in [0.29, 0.717) is 0 Å². The van der Waals surface area contributed by atoms with Crippen molar-refractivity contribution in [2.24, 2.45) is 11.5 Å². The van der Waals surface area contributed by atoms with Gasteiger partial charge in [-0.05, 0) is 6.42 Å². The Morgan fingerprint density at radius 3 is 2.04 bits per heavy atom. The van der Waals surface area contributed by atoms with Crippen LogP contribution < -0.4 is 22.1 Å². The van der Waals surface area contributed by atoms with Gasteiger partial charge in [-0.2, -0.15) is 11.8 Å². The number of carboxylic acids is 3. The van der Waals surface area contributed by atoms with E-state index in [0.717, 1.165) is 11.8 Å².